The van der Waals surface area contributed by atoms with Crippen LogP contribution in [-0.2, 0) is 4.79 Å². The highest BCUT2D eigenvalue weighted by atomic mass is 16.2. The summed E-state index contributed by atoms with van der Waals surface area (Å²) in [6.07, 6.45) is 0. The summed E-state index contributed by atoms with van der Waals surface area (Å²) < 4.78 is 0. The van der Waals surface area contributed by atoms with Crippen LogP contribution in [0.5, 0.6) is 0 Å². The topological polar surface area (TPSA) is 87.4 Å². The normalized spacial score (nSPS) is 16.2. The van der Waals surface area contributed by atoms with Gasteiger partial charge >= 0.3 is 0 Å². The predicted molar refractivity (Wildman–Crippen MR) is 73.8 cm³/mol. The number of hydrazine groups is 1. The van der Waals surface area contributed by atoms with Gasteiger partial charge in [-0.15, -0.1) is 0 Å². The second-order valence-electron chi connectivity index (χ2n) is 5.01. The van der Waals surface area contributed by atoms with Crippen molar-refractivity contribution in [3.8, 4) is 0 Å². The van der Waals surface area contributed by atoms with Crippen molar-refractivity contribution < 1.29 is 4.79 Å². The zero-order valence-corrected chi connectivity index (χ0v) is 11.6. The predicted octanol–water partition coefficient (Wildman–Crippen LogP) is 0.164. The maximum Gasteiger partial charge on any atom is 0.241 e. The molecule has 0 aromatic carbocycles. The Morgan fingerprint density at radius 2 is 2.11 bits per heavy atom. The third-order valence-electron chi connectivity index (χ3n) is 3.18. The Morgan fingerprint density at radius 1 is 1.37 bits per heavy atom. The zero-order valence-electron chi connectivity index (χ0n) is 11.6. The van der Waals surface area contributed by atoms with E-state index in [0.717, 1.165) is 18.2 Å². The number of nitrogen functional groups attached to an aromatic ring is 1. The van der Waals surface area contributed by atoms with Crippen LogP contribution in [0, 0.1) is 0 Å². The minimum atomic E-state index is 0.0956. The summed E-state index contributed by atoms with van der Waals surface area (Å²) in [5.41, 5.74) is 2.55. The first kappa shape index (κ1) is 13.5. The van der Waals surface area contributed by atoms with E-state index in [1.165, 1.54) is 0 Å². The number of aromatic nitrogens is 2. The Morgan fingerprint density at radius 3 is 2.68 bits per heavy atom. The number of rotatable bonds is 3. The Kier molecular flexibility index (Phi) is 3.84. The summed E-state index contributed by atoms with van der Waals surface area (Å²) in [7, 11) is 1.81. The van der Waals surface area contributed by atoms with Crippen LogP contribution < -0.4 is 16.2 Å². The molecule has 7 heteroatoms. The molecule has 1 amide bonds. The molecule has 7 nitrogen and oxygen atoms in total. The standard InChI is InChI=1S/C12H20N6O/c1-8(2)12-14-9(16-13)6-10(15-12)18-5-4-17(3)11(19)7-18/h6,8H,4-5,7,13H2,1-3H3,(H,14,15,16). The second-order valence-corrected chi connectivity index (χ2v) is 5.01. The van der Waals surface area contributed by atoms with Crippen LogP contribution in [0.1, 0.15) is 25.6 Å². The van der Waals surface area contributed by atoms with Crippen LogP contribution in [0.3, 0.4) is 0 Å². The van der Waals surface area contributed by atoms with Gasteiger partial charge in [0.2, 0.25) is 5.91 Å². The highest BCUT2D eigenvalue weighted by Crippen LogP contribution is 2.20. The van der Waals surface area contributed by atoms with Crippen LogP contribution in [0.2, 0.25) is 0 Å². The molecule has 0 aliphatic carbocycles. The van der Waals surface area contributed by atoms with Gasteiger partial charge in [-0.25, -0.2) is 15.8 Å². The minimum absolute atomic E-state index is 0.0956. The molecule has 0 unspecified atom stereocenters. The molecule has 1 aliphatic heterocycles. The van der Waals surface area contributed by atoms with E-state index >= 15 is 0 Å². The van der Waals surface area contributed by atoms with E-state index in [1.807, 2.05) is 25.8 Å². The third kappa shape index (κ3) is 2.93. The number of carbonyl (C=O) groups is 1. The lowest BCUT2D eigenvalue weighted by Gasteiger charge is -2.33. The smallest absolute Gasteiger partial charge is 0.241 e. The summed E-state index contributed by atoms with van der Waals surface area (Å²) in [6.45, 7) is 5.85. The average Bonchev–Trinajstić information content (AvgIpc) is 2.41. The first-order valence-electron chi connectivity index (χ1n) is 6.35. The lowest BCUT2D eigenvalue weighted by Crippen LogP contribution is -2.49. The molecule has 0 atom stereocenters. The van der Waals surface area contributed by atoms with Crippen LogP contribution in [0.15, 0.2) is 6.07 Å². The Balaban J connectivity index is 2.28. The monoisotopic (exact) mass is 264 g/mol. The van der Waals surface area contributed by atoms with Crippen molar-refractivity contribution in [1.82, 2.24) is 14.9 Å². The van der Waals surface area contributed by atoms with E-state index in [1.54, 1.807) is 11.0 Å². The lowest BCUT2D eigenvalue weighted by molar-refractivity contribution is -0.129. The fraction of sp³-hybridized carbons (Fsp3) is 0.583. The third-order valence-corrected chi connectivity index (χ3v) is 3.18. The number of piperazine rings is 1. The molecule has 0 bridgehead atoms. The molecule has 0 spiro atoms. The fourth-order valence-corrected chi connectivity index (χ4v) is 1.90. The fourth-order valence-electron chi connectivity index (χ4n) is 1.90. The van der Waals surface area contributed by atoms with Gasteiger partial charge in [0, 0.05) is 32.1 Å². The number of nitrogens with zero attached hydrogens (tertiary/aromatic N) is 4. The highest BCUT2D eigenvalue weighted by molar-refractivity contribution is 5.82. The van der Waals surface area contributed by atoms with Crippen LogP contribution in [0.4, 0.5) is 11.6 Å². The van der Waals surface area contributed by atoms with Gasteiger partial charge in [0.15, 0.2) is 0 Å². The molecule has 104 valence electrons. The van der Waals surface area contributed by atoms with Crippen LogP contribution in [-0.4, -0.2) is 47.5 Å². The van der Waals surface area contributed by atoms with Gasteiger partial charge in [-0.05, 0) is 0 Å². The maximum absolute atomic E-state index is 11.8. The number of hydrogen-bond acceptors (Lipinski definition) is 6. The van der Waals surface area contributed by atoms with E-state index in [-0.39, 0.29) is 11.8 Å². The molecule has 3 N–H and O–H groups in total. The van der Waals surface area contributed by atoms with Gasteiger partial charge < -0.3 is 15.2 Å². The number of carbonyl (C=O) groups excluding carboxylic acids is 1. The average molecular weight is 264 g/mol. The summed E-state index contributed by atoms with van der Waals surface area (Å²) in [6, 6.07) is 1.77. The number of nitrogens with two attached hydrogens (primary N) is 1. The van der Waals surface area contributed by atoms with Gasteiger partial charge in [0.05, 0.1) is 6.54 Å². The van der Waals surface area contributed by atoms with Gasteiger partial charge in [-0.3, -0.25) is 4.79 Å². The molecule has 2 rings (SSSR count). The molecule has 0 radical (unpaired) electrons. The van der Waals surface area contributed by atoms with Crippen LogP contribution >= 0.6 is 0 Å². The molecule has 1 aromatic heterocycles. The van der Waals surface area contributed by atoms with Crippen molar-refractivity contribution in [2.45, 2.75) is 19.8 Å². The number of likely N-dealkylation sites (N-methyl/N-ethyl adjacent to an activating group) is 1. The first-order valence-corrected chi connectivity index (χ1v) is 6.35. The Hall–Kier alpha value is -1.89. The Bertz CT molecular complexity index is 475. The van der Waals surface area contributed by atoms with Crippen molar-refractivity contribution in [3.05, 3.63) is 11.9 Å². The molecular formula is C12H20N6O. The minimum Gasteiger partial charge on any atom is -0.345 e. The van der Waals surface area contributed by atoms with E-state index in [9.17, 15) is 4.79 Å². The zero-order chi connectivity index (χ0) is 14.0. The van der Waals surface area contributed by atoms with Crippen molar-refractivity contribution in [3.63, 3.8) is 0 Å². The van der Waals surface area contributed by atoms with Gasteiger partial charge in [0.25, 0.3) is 0 Å². The largest absolute Gasteiger partial charge is 0.345 e. The van der Waals surface area contributed by atoms with E-state index in [4.69, 9.17) is 5.84 Å². The molecular weight excluding hydrogens is 244 g/mol. The summed E-state index contributed by atoms with van der Waals surface area (Å²) >= 11 is 0. The van der Waals surface area contributed by atoms with Crippen molar-refractivity contribution in [1.29, 1.82) is 0 Å². The lowest BCUT2D eigenvalue weighted by atomic mass is 10.2. The molecule has 0 saturated carbocycles. The first-order chi connectivity index (χ1) is 9.01. The molecule has 1 aromatic rings. The van der Waals surface area contributed by atoms with Crippen molar-refractivity contribution in [2.75, 3.05) is 37.0 Å². The summed E-state index contributed by atoms with van der Waals surface area (Å²) in [4.78, 5) is 24.3. The van der Waals surface area contributed by atoms with E-state index in [2.05, 4.69) is 15.4 Å². The van der Waals surface area contributed by atoms with Crippen molar-refractivity contribution in [2.24, 2.45) is 5.84 Å². The molecule has 1 aliphatic rings. The SMILES string of the molecule is CC(C)c1nc(NN)cc(N2CCN(C)C(=O)C2)n1. The maximum atomic E-state index is 11.8. The number of hydrogen-bond donors (Lipinski definition) is 2. The van der Waals surface area contributed by atoms with Crippen molar-refractivity contribution >= 4 is 17.5 Å². The second kappa shape index (κ2) is 5.40. The summed E-state index contributed by atoms with van der Waals surface area (Å²) in [5, 5.41) is 0. The van der Waals surface area contributed by atoms with E-state index in [0.29, 0.717) is 18.9 Å². The number of nitrogens with one attached hydrogen (secondary N) is 1. The Labute approximate surface area is 112 Å². The highest BCUT2D eigenvalue weighted by Gasteiger charge is 2.23. The molecule has 1 saturated heterocycles. The van der Waals surface area contributed by atoms with E-state index < -0.39 is 0 Å². The van der Waals surface area contributed by atoms with Gasteiger partial charge in [-0.2, -0.15) is 0 Å². The van der Waals surface area contributed by atoms with Gasteiger partial charge in [0.1, 0.15) is 17.5 Å². The molecule has 19 heavy (non-hydrogen) atoms. The quantitative estimate of drug-likeness (QED) is 0.597. The number of amides is 1. The number of anilines is 2. The van der Waals surface area contributed by atoms with Crippen LogP contribution in [0.25, 0.3) is 0 Å². The van der Waals surface area contributed by atoms with Gasteiger partial charge in [-0.1, -0.05) is 13.8 Å². The summed E-state index contributed by atoms with van der Waals surface area (Å²) in [5.74, 6) is 7.76. The molecule has 1 fully saturated rings. The molecule has 2 heterocycles.